The third-order valence-electron chi connectivity index (χ3n) is 3.69. The molecule has 6 heteroatoms. The minimum Gasteiger partial charge on any atom is -0.344 e. The summed E-state index contributed by atoms with van der Waals surface area (Å²) in [5.74, 6) is -0.197. The molecule has 1 N–H and O–H groups in total. The molecular formula is C19H16ClNO2S2. The van der Waals surface area contributed by atoms with Crippen molar-refractivity contribution < 1.29 is 9.59 Å². The number of carbonyl (C=O) groups excluding carboxylic acids is 2. The lowest BCUT2D eigenvalue weighted by molar-refractivity contribution is -0.121. The fourth-order valence-electron chi connectivity index (χ4n) is 2.47. The van der Waals surface area contributed by atoms with Crippen LogP contribution < -0.4 is 5.32 Å². The first-order valence-electron chi connectivity index (χ1n) is 7.80. The van der Waals surface area contributed by atoms with Gasteiger partial charge >= 0.3 is 0 Å². The summed E-state index contributed by atoms with van der Waals surface area (Å²) in [6.45, 7) is 0. The first kappa shape index (κ1) is 17.9. The SMILES string of the molecule is O=C(CCC(=O)c1ccc(Cl)s1)N[C@@H](c1ccccc1)c1cccs1. The quantitative estimate of drug-likeness (QED) is 0.555. The fourth-order valence-corrected chi connectivity index (χ4v) is 4.28. The average molecular weight is 390 g/mol. The molecule has 3 nitrogen and oxygen atoms in total. The van der Waals surface area contributed by atoms with Crippen LogP contribution in [0.4, 0.5) is 0 Å². The van der Waals surface area contributed by atoms with Crippen molar-refractivity contribution >= 4 is 46.0 Å². The van der Waals surface area contributed by atoms with E-state index in [0.717, 1.165) is 10.4 Å². The minimum absolute atomic E-state index is 0.0561. The van der Waals surface area contributed by atoms with Gasteiger partial charge in [-0.3, -0.25) is 9.59 Å². The largest absolute Gasteiger partial charge is 0.344 e. The maximum Gasteiger partial charge on any atom is 0.221 e. The van der Waals surface area contributed by atoms with Crippen molar-refractivity contribution in [3.05, 3.63) is 79.6 Å². The standard InChI is InChI=1S/C19H16ClNO2S2/c20-17-10-9-15(25-17)14(22)8-11-18(23)21-19(16-7-4-12-24-16)13-5-2-1-3-6-13/h1-7,9-10,12,19H,8,11H2,(H,21,23)/t19-/m0/s1. The highest BCUT2D eigenvalue weighted by atomic mass is 35.5. The Labute approximate surface area is 159 Å². The molecule has 0 aliphatic rings. The number of hydrogen-bond acceptors (Lipinski definition) is 4. The number of halogens is 1. The summed E-state index contributed by atoms with van der Waals surface area (Å²) in [5.41, 5.74) is 1.02. The number of hydrogen-bond donors (Lipinski definition) is 1. The Kier molecular flexibility index (Phi) is 6.02. The van der Waals surface area contributed by atoms with Gasteiger partial charge in [0.05, 0.1) is 15.3 Å². The van der Waals surface area contributed by atoms with Crippen LogP contribution in [-0.2, 0) is 4.79 Å². The van der Waals surface area contributed by atoms with Gasteiger partial charge in [-0.05, 0) is 29.1 Å². The van der Waals surface area contributed by atoms with Crippen LogP contribution in [0, 0.1) is 0 Å². The van der Waals surface area contributed by atoms with E-state index >= 15 is 0 Å². The van der Waals surface area contributed by atoms with Crippen molar-refractivity contribution in [3.8, 4) is 0 Å². The Morgan fingerprint density at radius 1 is 1.00 bits per heavy atom. The summed E-state index contributed by atoms with van der Waals surface area (Å²) in [5, 5.41) is 5.03. The highest BCUT2D eigenvalue weighted by Gasteiger charge is 2.18. The summed E-state index contributed by atoms with van der Waals surface area (Å²) in [6, 6.07) is 17.0. The molecule has 3 rings (SSSR count). The molecule has 128 valence electrons. The van der Waals surface area contributed by atoms with Gasteiger partial charge in [-0.2, -0.15) is 0 Å². The zero-order valence-electron chi connectivity index (χ0n) is 13.3. The third-order valence-corrected chi connectivity index (χ3v) is 5.90. The monoisotopic (exact) mass is 389 g/mol. The second-order valence-corrected chi connectivity index (χ2v) is 8.15. The topological polar surface area (TPSA) is 46.2 Å². The van der Waals surface area contributed by atoms with Gasteiger partial charge in [0.2, 0.25) is 5.91 Å². The van der Waals surface area contributed by atoms with Gasteiger partial charge in [-0.25, -0.2) is 0 Å². The molecule has 0 spiro atoms. The molecule has 0 saturated carbocycles. The van der Waals surface area contributed by atoms with Crippen molar-refractivity contribution in [2.45, 2.75) is 18.9 Å². The van der Waals surface area contributed by atoms with Crippen molar-refractivity contribution in [1.82, 2.24) is 5.32 Å². The van der Waals surface area contributed by atoms with Gasteiger partial charge in [-0.1, -0.05) is 48.0 Å². The predicted molar refractivity (Wildman–Crippen MR) is 104 cm³/mol. The zero-order valence-corrected chi connectivity index (χ0v) is 15.7. The Balaban J connectivity index is 1.64. The van der Waals surface area contributed by atoms with Gasteiger partial charge in [0, 0.05) is 17.7 Å². The van der Waals surface area contributed by atoms with E-state index in [9.17, 15) is 9.59 Å². The maximum atomic E-state index is 12.4. The minimum atomic E-state index is -0.194. The van der Waals surface area contributed by atoms with Crippen molar-refractivity contribution in [2.75, 3.05) is 0 Å². The Bertz CT molecular complexity index is 843. The van der Waals surface area contributed by atoms with E-state index in [1.807, 2.05) is 47.8 Å². The lowest BCUT2D eigenvalue weighted by Crippen LogP contribution is -2.29. The zero-order chi connectivity index (χ0) is 17.6. The molecular weight excluding hydrogens is 374 g/mol. The number of nitrogens with one attached hydrogen (secondary N) is 1. The molecule has 2 aromatic heterocycles. The van der Waals surface area contributed by atoms with Crippen LogP contribution in [-0.4, -0.2) is 11.7 Å². The van der Waals surface area contributed by atoms with Crippen LogP contribution in [0.15, 0.2) is 60.0 Å². The molecule has 0 saturated heterocycles. The first-order chi connectivity index (χ1) is 12.1. The van der Waals surface area contributed by atoms with Crippen LogP contribution in [0.2, 0.25) is 4.34 Å². The molecule has 2 heterocycles. The van der Waals surface area contributed by atoms with Crippen LogP contribution in [0.1, 0.15) is 39.0 Å². The van der Waals surface area contributed by atoms with Crippen LogP contribution in [0.5, 0.6) is 0 Å². The number of Topliss-reactive ketones (excluding diaryl/α,β-unsaturated/α-hetero) is 1. The molecule has 0 radical (unpaired) electrons. The van der Waals surface area contributed by atoms with Crippen LogP contribution >= 0.6 is 34.3 Å². The van der Waals surface area contributed by atoms with Gasteiger partial charge in [0.15, 0.2) is 5.78 Å². The van der Waals surface area contributed by atoms with Gasteiger partial charge in [-0.15, -0.1) is 22.7 Å². The number of benzene rings is 1. The molecule has 0 aliphatic carbocycles. The van der Waals surface area contributed by atoms with E-state index in [1.54, 1.807) is 23.5 Å². The average Bonchev–Trinajstić information content (AvgIpc) is 3.30. The third kappa shape index (κ3) is 4.78. The highest BCUT2D eigenvalue weighted by Crippen LogP contribution is 2.26. The van der Waals surface area contributed by atoms with E-state index in [4.69, 9.17) is 11.6 Å². The lowest BCUT2D eigenvalue weighted by atomic mass is 10.0. The smallest absolute Gasteiger partial charge is 0.221 e. The Morgan fingerprint density at radius 3 is 2.44 bits per heavy atom. The number of amides is 1. The first-order valence-corrected chi connectivity index (χ1v) is 9.87. The molecule has 0 bridgehead atoms. The van der Waals surface area contributed by atoms with Crippen LogP contribution in [0.3, 0.4) is 0 Å². The number of thiophene rings is 2. The summed E-state index contributed by atoms with van der Waals surface area (Å²) < 4.78 is 0.578. The van der Waals surface area contributed by atoms with Crippen molar-refractivity contribution in [2.24, 2.45) is 0 Å². The molecule has 3 aromatic rings. The van der Waals surface area contributed by atoms with E-state index in [1.165, 1.54) is 11.3 Å². The Hall–Kier alpha value is -1.95. The molecule has 0 fully saturated rings. The molecule has 1 aromatic carbocycles. The molecule has 0 unspecified atom stereocenters. The summed E-state index contributed by atoms with van der Waals surface area (Å²) in [4.78, 5) is 26.2. The number of carbonyl (C=O) groups is 2. The lowest BCUT2D eigenvalue weighted by Gasteiger charge is -2.18. The van der Waals surface area contributed by atoms with Gasteiger partial charge in [0.1, 0.15) is 0 Å². The van der Waals surface area contributed by atoms with Crippen molar-refractivity contribution in [3.63, 3.8) is 0 Å². The van der Waals surface area contributed by atoms with E-state index in [0.29, 0.717) is 9.21 Å². The maximum absolute atomic E-state index is 12.4. The van der Waals surface area contributed by atoms with Gasteiger partial charge in [0.25, 0.3) is 0 Å². The number of ketones is 1. The molecule has 25 heavy (non-hydrogen) atoms. The fraction of sp³-hybridized carbons (Fsp3) is 0.158. The summed E-state index contributed by atoms with van der Waals surface area (Å²) in [6.07, 6.45) is 0.331. The van der Waals surface area contributed by atoms with Gasteiger partial charge < -0.3 is 5.32 Å². The normalized spacial score (nSPS) is 11.9. The second kappa shape index (κ2) is 8.43. The van der Waals surface area contributed by atoms with E-state index < -0.39 is 0 Å². The predicted octanol–water partition coefficient (Wildman–Crippen LogP) is 5.33. The number of rotatable bonds is 7. The Morgan fingerprint density at radius 2 is 1.80 bits per heavy atom. The second-order valence-electron chi connectivity index (χ2n) is 5.45. The van der Waals surface area contributed by atoms with E-state index in [2.05, 4.69) is 5.32 Å². The summed E-state index contributed by atoms with van der Waals surface area (Å²) in [7, 11) is 0. The summed E-state index contributed by atoms with van der Waals surface area (Å²) >= 11 is 8.69. The molecule has 1 atom stereocenters. The highest BCUT2D eigenvalue weighted by molar-refractivity contribution is 7.18. The molecule has 1 amide bonds. The van der Waals surface area contributed by atoms with Crippen molar-refractivity contribution in [1.29, 1.82) is 0 Å². The van der Waals surface area contributed by atoms with Crippen LogP contribution in [0.25, 0.3) is 0 Å². The van der Waals surface area contributed by atoms with E-state index in [-0.39, 0.29) is 30.6 Å². The molecule has 0 aliphatic heterocycles.